The van der Waals surface area contributed by atoms with Crippen LogP contribution in [-0.2, 0) is 23.4 Å². The zero-order valence-corrected chi connectivity index (χ0v) is 18.8. The Kier molecular flexibility index (Phi) is 5.62. The zero-order valence-electron chi connectivity index (χ0n) is 17.2. The second-order valence-electron chi connectivity index (χ2n) is 7.80. The number of fused-ring (bicyclic) bond motifs is 4. The Morgan fingerprint density at radius 2 is 2.13 bits per heavy atom. The summed E-state index contributed by atoms with van der Waals surface area (Å²) >= 11 is 3.08. The minimum absolute atomic E-state index is 0.0547. The molecule has 7 nitrogen and oxygen atoms in total. The van der Waals surface area contributed by atoms with Crippen molar-refractivity contribution in [3.63, 3.8) is 0 Å². The highest BCUT2D eigenvalue weighted by Crippen LogP contribution is 2.35. The minimum Gasteiger partial charge on any atom is -0.454 e. The van der Waals surface area contributed by atoms with Gasteiger partial charge in [0.15, 0.2) is 11.5 Å². The first-order chi connectivity index (χ1) is 15.1. The second-order valence-corrected chi connectivity index (χ2v) is 9.87. The predicted octanol–water partition coefficient (Wildman–Crippen LogP) is 3.70. The van der Waals surface area contributed by atoms with Crippen molar-refractivity contribution in [1.82, 2.24) is 15.3 Å². The van der Waals surface area contributed by atoms with Crippen molar-refractivity contribution in [2.24, 2.45) is 0 Å². The third-order valence-electron chi connectivity index (χ3n) is 5.62. The maximum absolute atomic E-state index is 12.6. The van der Waals surface area contributed by atoms with Gasteiger partial charge in [-0.05, 0) is 55.9 Å². The summed E-state index contributed by atoms with van der Waals surface area (Å²) in [6.45, 7) is 2.16. The molecule has 0 saturated heterocycles. The molecule has 1 aliphatic heterocycles. The molecule has 0 saturated carbocycles. The first-order valence-electron chi connectivity index (χ1n) is 10.4. The Bertz CT molecular complexity index is 1200. The molecular formula is C22H23N3O4S2. The quantitative estimate of drug-likeness (QED) is 0.586. The first kappa shape index (κ1) is 20.4. The molecule has 0 fully saturated rings. The number of hydrogen-bond acceptors (Lipinski definition) is 7. The molecular weight excluding hydrogens is 434 g/mol. The molecule has 2 aromatic heterocycles. The summed E-state index contributed by atoms with van der Waals surface area (Å²) in [7, 11) is 0. The van der Waals surface area contributed by atoms with E-state index in [9.17, 15) is 9.59 Å². The van der Waals surface area contributed by atoms with Crippen LogP contribution in [0, 0.1) is 0 Å². The number of rotatable bonds is 6. The molecule has 31 heavy (non-hydrogen) atoms. The maximum Gasteiger partial charge on any atom is 0.259 e. The van der Waals surface area contributed by atoms with Gasteiger partial charge in [0.1, 0.15) is 10.7 Å². The molecule has 1 aliphatic carbocycles. The average molecular weight is 458 g/mol. The van der Waals surface area contributed by atoms with Crippen molar-refractivity contribution in [2.75, 3.05) is 12.5 Å². The van der Waals surface area contributed by atoms with E-state index >= 15 is 0 Å². The summed E-state index contributed by atoms with van der Waals surface area (Å²) in [5, 5.41) is 3.77. The lowest BCUT2D eigenvalue weighted by Gasteiger charge is -2.14. The number of thiophene rings is 1. The highest BCUT2D eigenvalue weighted by atomic mass is 32.2. The van der Waals surface area contributed by atoms with Crippen LogP contribution in [0.5, 0.6) is 11.5 Å². The van der Waals surface area contributed by atoms with E-state index in [1.165, 1.54) is 28.6 Å². The van der Waals surface area contributed by atoms with Crippen LogP contribution in [0.2, 0.25) is 0 Å². The number of ether oxygens (including phenoxy) is 2. The molecule has 0 spiro atoms. The van der Waals surface area contributed by atoms with Crippen LogP contribution in [-0.4, -0.2) is 28.4 Å². The van der Waals surface area contributed by atoms with Gasteiger partial charge in [0.05, 0.1) is 22.9 Å². The average Bonchev–Trinajstić information content (AvgIpc) is 3.37. The number of aromatic nitrogens is 2. The van der Waals surface area contributed by atoms with Gasteiger partial charge in [0.2, 0.25) is 12.7 Å². The Hall–Kier alpha value is -2.52. The molecule has 1 aromatic carbocycles. The van der Waals surface area contributed by atoms with Crippen molar-refractivity contribution >= 4 is 39.2 Å². The lowest BCUT2D eigenvalue weighted by Crippen LogP contribution is -2.28. The van der Waals surface area contributed by atoms with Crippen LogP contribution in [0.4, 0.5) is 0 Å². The summed E-state index contributed by atoms with van der Waals surface area (Å²) in [5.41, 5.74) is 2.10. The van der Waals surface area contributed by atoms with Gasteiger partial charge < -0.3 is 19.8 Å². The van der Waals surface area contributed by atoms with Gasteiger partial charge in [-0.3, -0.25) is 9.59 Å². The number of hydrogen-bond donors (Lipinski definition) is 2. The van der Waals surface area contributed by atoms with Crippen molar-refractivity contribution in [2.45, 2.75) is 44.4 Å². The number of carbonyl (C=O) groups is 1. The Morgan fingerprint density at radius 3 is 3.03 bits per heavy atom. The highest BCUT2D eigenvalue weighted by Gasteiger charge is 2.20. The zero-order chi connectivity index (χ0) is 21.4. The molecule has 9 heteroatoms. The third-order valence-corrected chi connectivity index (χ3v) is 7.75. The van der Waals surface area contributed by atoms with Crippen LogP contribution in [0.1, 0.15) is 47.6 Å². The molecule has 1 amide bonds. The fourth-order valence-electron chi connectivity index (χ4n) is 4.07. The number of nitrogens with one attached hydrogen (secondary N) is 2. The maximum atomic E-state index is 12.6. The highest BCUT2D eigenvalue weighted by molar-refractivity contribution is 7.99. The van der Waals surface area contributed by atoms with E-state index in [1.54, 1.807) is 11.3 Å². The number of H-pyrrole nitrogens is 1. The number of benzene rings is 1. The number of aromatic amines is 1. The van der Waals surface area contributed by atoms with Crippen molar-refractivity contribution in [3.05, 3.63) is 50.4 Å². The number of amides is 1. The molecule has 2 aliphatic rings. The molecule has 0 bridgehead atoms. The van der Waals surface area contributed by atoms with E-state index in [1.807, 2.05) is 25.1 Å². The minimum atomic E-state index is -0.144. The Labute approximate surface area is 187 Å². The Balaban J connectivity index is 1.18. The van der Waals surface area contributed by atoms with E-state index in [2.05, 4.69) is 15.3 Å². The SMILES string of the molecule is CC(NC(=O)CSCc1nc2sc3c(c2c(=O)[nH]1)CCCC3)c1ccc2c(c1)OCO2. The summed E-state index contributed by atoms with van der Waals surface area (Å²) in [5.74, 6) is 2.76. The summed E-state index contributed by atoms with van der Waals surface area (Å²) in [6.07, 6.45) is 4.33. The lowest BCUT2D eigenvalue weighted by molar-refractivity contribution is -0.119. The van der Waals surface area contributed by atoms with Crippen LogP contribution in [0.25, 0.3) is 10.2 Å². The fraction of sp³-hybridized carbons (Fsp3) is 0.409. The normalized spacial score (nSPS) is 15.6. The van der Waals surface area contributed by atoms with Gasteiger partial charge in [-0.2, -0.15) is 0 Å². The molecule has 5 rings (SSSR count). The van der Waals surface area contributed by atoms with Gasteiger partial charge in [-0.15, -0.1) is 23.1 Å². The van der Waals surface area contributed by atoms with Gasteiger partial charge in [0.25, 0.3) is 5.56 Å². The lowest BCUT2D eigenvalue weighted by atomic mass is 9.97. The monoisotopic (exact) mass is 457 g/mol. The molecule has 3 heterocycles. The smallest absolute Gasteiger partial charge is 0.259 e. The second kappa shape index (κ2) is 8.55. The standard InChI is InChI=1S/C22H23N3O4S2/c1-12(13-6-7-15-16(8-13)29-11-28-15)23-19(26)10-30-9-18-24-21(27)20-14-4-2-3-5-17(14)31-22(20)25-18/h6-8,12H,2-5,9-11H2,1H3,(H,23,26)(H,24,25,27). The summed E-state index contributed by atoms with van der Waals surface area (Å²) < 4.78 is 10.7. The number of nitrogens with zero attached hydrogens (tertiary/aromatic N) is 1. The van der Waals surface area contributed by atoms with Crippen molar-refractivity contribution < 1.29 is 14.3 Å². The largest absolute Gasteiger partial charge is 0.454 e. The predicted molar refractivity (Wildman–Crippen MR) is 122 cm³/mol. The van der Waals surface area contributed by atoms with Gasteiger partial charge >= 0.3 is 0 Å². The van der Waals surface area contributed by atoms with Gasteiger partial charge in [-0.1, -0.05) is 6.07 Å². The molecule has 162 valence electrons. The van der Waals surface area contributed by atoms with Crippen LogP contribution in [0.15, 0.2) is 23.0 Å². The topological polar surface area (TPSA) is 93.3 Å². The number of aryl methyl sites for hydroxylation is 2. The van der Waals surface area contributed by atoms with Crippen LogP contribution in [0.3, 0.4) is 0 Å². The van der Waals surface area contributed by atoms with E-state index < -0.39 is 0 Å². The van der Waals surface area contributed by atoms with E-state index in [-0.39, 0.29) is 30.1 Å². The summed E-state index contributed by atoms with van der Waals surface area (Å²) in [4.78, 5) is 34.7. The number of thioether (sulfide) groups is 1. The van der Waals surface area contributed by atoms with Gasteiger partial charge in [-0.25, -0.2) is 4.98 Å². The molecule has 1 unspecified atom stereocenters. The molecule has 1 atom stereocenters. The van der Waals surface area contributed by atoms with E-state index in [0.29, 0.717) is 17.3 Å². The molecule has 0 radical (unpaired) electrons. The fourth-order valence-corrected chi connectivity index (χ4v) is 6.05. The van der Waals surface area contributed by atoms with E-state index in [0.717, 1.165) is 40.8 Å². The van der Waals surface area contributed by atoms with E-state index in [4.69, 9.17) is 9.47 Å². The number of carbonyl (C=O) groups excluding carboxylic acids is 1. The van der Waals surface area contributed by atoms with Crippen molar-refractivity contribution in [3.8, 4) is 11.5 Å². The first-order valence-corrected chi connectivity index (χ1v) is 12.4. The van der Waals surface area contributed by atoms with Crippen molar-refractivity contribution in [1.29, 1.82) is 0 Å². The van der Waals surface area contributed by atoms with Gasteiger partial charge in [0, 0.05) is 4.88 Å². The Morgan fingerprint density at radius 1 is 1.29 bits per heavy atom. The van der Waals surface area contributed by atoms with Crippen LogP contribution < -0.4 is 20.3 Å². The molecule has 2 N–H and O–H groups in total. The molecule has 3 aromatic rings. The summed E-state index contributed by atoms with van der Waals surface area (Å²) in [6, 6.07) is 5.53. The third kappa shape index (κ3) is 4.16. The van der Waals surface area contributed by atoms with Crippen LogP contribution >= 0.6 is 23.1 Å².